The highest BCUT2D eigenvalue weighted by Gasteiger charge is 2.22. The molecule has 0 fully saturated rings. The van der Waals surface area contributed by atoms with Crippen LogP contribution in [0.2, 0.25) is 5.02 Å². The lowest BCUT2D eigenvalue weighted by molar-refractivity contribution is -0.385. The Morgan fingerprint density at radius 2 is 1.50 bits per heavy atom. The number of hydrogen-bond donors (Lipinski definition) is 2. The molecule has 1 aromatic heterocycles. The summed E-state index contributed by atoms with van der Waals surface area (Å²) in [6, 6.07) is 19.9. The number of anilines is 1. The number of hydrazone groups is 1. The summed E-state index contributed by atoms with van der Waals surface area (Å²) < 4.78 is 11.7. The number of ether oxygens (including phenoxy) is 2. The molecule has 0 radical (unpaired) electrons. The molecule has 0 atom stereocenters. The Morgan fingerprint density at radius 3 is 2.17 bits per heavy atom. The lowest BCUT2D eigenvalue weighted by Crippen LogP contribution is -2.18. The molecule has 0 aliphatic rings. The third kappa shape index (κ3) is 7.60. The van der Waals surface area contributed by atoms with Crippen molar-refractivity contribution >= 4 is 74.1 Å². The molecule has 5 rings (SSSR count). The van der Waals surface area contributed by atoms with Gasteiger partial charge in [0.15, 0.2) is 11.5 Å². The fourth-order valence-electron chi connectivity index (χ4n) is 4.28. The van der Waals surface area contributed by atoms with Gasteiger partial charge in [-0.15, -0.1) is 11.3 Å². The maximum atomic E-state index is 13.0. The molecule has 2 amide bonds. The zero-order chi connectivity index (χ0) is 34.4. The van der Waals surface area contributed by atoms with Crippen LogP contribution < -0.4 is 20.2 Å². The lowest BCUT2D eigenvalue weighted by atomic mass is 10.1. The Kier molecular flexibility index (Phi) is 10.0. The van der Waals surface area contributed by atoms with Crippen LogP contribution in [0.4, 0.5) is 17.1 Å². The van der Waals surface area contributed by atoms with Crippen LogP contribution in [0.15, 0.2) is 90.0 Å². The average Bonchev–Trinajstić information content (AvgIpc) is 3.41. The SMILES string of the molecule is CCOc1cc(/C=N\NC(=O)c2ccc(NC(=O)c3ccc([N+](=O)[O-])cc3)cc2)ccc1OC(=O)c1sc2cc([N+](=O)[O-])ccc2c1Cl. The number of fused-ring (bicyclic) bond motifs is 1. The first-order valence-electron chi connectivity index (χ1n) is 13.9. The molecule has 0 bridgehead atoms. The van der Waals surface area contributed by atoms with Crippen molar-refractivity contribution in [2.75, 3.05) is 11.9 Å². The normalized spacial score (nSPS) is 10.9. The van der Waals surface area contributed by atoms with E-state index in [0.717, 1.165) is 11.3 Å². The van der Waals surface area contributed by atoms with Gasteiger partial charge >= 0.3 is 5.97 Å². The van der Waals surface area contributed by atoms with E-state index < -0.39 is 27.6 Å². The number of nitrogens with one attached hydrogen (secondary N) is 2. The molecule has 14 nitrogen and oxygen atoms in total. The molecule has 0 unspecified atom stereocenters. The highest BCUT2D eigenvalue weighted by atomic mass is 35.5. The second-order valence-corrected chi connectivity index (χ2v) is 11.2. The van der Waals surface area contributed by atoms with Crippen LogP contribution in [0.25, 0.3) is 10.1 Å². The van der Waals surface area contributed by atoms with Gasteiger partial charge in [-0.05, 0) is 73.2 Å². The van der Waals surface area contributed by atoms with E-state index in [1.807, 2.05) is 0 Å². The zero-order valence-corrected chi connectivity index (χ0v) is 26.2. The number of non-ortho nitro benzene ring substituents is 2. The molecule has 242 valence electrons. The van der Waals surface area contributed by atoms with E-state index in [4.69, 9.17) is 21.1 Å². The number of hydrogen-bond acceptors (Lipinski definition) is 11. The van der Waals surface area contributed by atoms with E-state index >= 15 is 0 Å². The minimum atomic E-state index is -0.768. The number of esters is 1. The number of rotatable bonds is 11. The average molecular weight is 688 g/mol. The molecule has 16 heteroatoms. The van der Waals surface area contributed by atoms with Crippen LogP contribution in [-0.4, -0.2) is 40.5 Å². The van der Waals surface area contributed by atoms with Crippen molar-refractivity contribution in [2.24, 2.45) is 5.10 Å². The van der Waals surface area contributed by atoms with Crippen molar-refractivity contribution in [2.45, 2.75) is 6.92 Å². The van der Waals surface area contributed by atoms with Crippen LogP contribution in [0, 0.1) is 20.2 Å². The Bertz CT molecular complexity index is 2100. The maximum absolute atomic E-state index is 13.0. The molecular formula is C32H22ClN5O9S. The fraction of sp³-hybridized carbons (Fsp3) is 0.0625. The molecule has 48 heavy (non-hydrogen) atoms. The summed E-state index contributed by atoms with van der Waals surface area (Å²) in [7, 11) is 0. The topological polar surface area (TPSA) is 192 Å². The second-order valence-electron chi connectivity index (χ2n) is 9.75. The molecule has 0 aliphatic heterocycles. The molecular weight excluding hydrogens is 666 g/mol. The van der Waals surface area contributed by atoms with Gasteiger partial charge in [-0.3, -0.25) is 29.8 Å². The number of carbonyl (C=O) groups excluding carboxylic acids is 3. The standard InChI is InChI=1S/C32H22ClN5O9S/c1-2-46-26-15-18(3-14-25(26)47-32(41)29-28(33)24-13-12-23(38(44)45)16-27(24)48-29)17-34-36-31(40)20-4-8-21(9-5-20)35-30(39)19-6-10-22(11-7-19)37(42)43/h3-17H,2H2,1H3,(H,35,39)(H,36,40)/b34-17-. The Labute approximate surface area is 279 Å². The van der Waals surface area contributed by atoms with Crippen molar-refractivity contribution in [1.29, 1.82) is 0 Å². The molecule has 0 spiro atoms. The summed E-state index contributed by atoms with van der Waals surface area (Å²) in [5, 5.41) is 29.1. The van der Waals surface area contributed by atoms with Gasteiger partial charge in [0.1, 0.15) is 4.88 Å². The van der Waals surface area contributed by atoms with Crippen LogP contribution in [0.5, 0.6) is 11.5 Å². The zero-order valence-electron chi connectivity index (χ0n) is 24.7. The number of benzene rings is 4. The van der Waals surface area contributed by atoms with Crippen molar-refractivity contribution in [3.8, 4) is 11.5 Å². The van der Waals surface area contributed by atoms with Crippen molar-refractivity contribution in [3.05, 3.63) is 132 Å². The first-order valence-corrected chi connectivity index (χ1v) is 15.1. The number of nitro groups is 2. The van der Waals surface area contributed by atoms with Gasteiger partial charge in [-0.25, -0.2) is 10.2 Å². The van der Waals surface area contributed by atoms with Crippen LogP contribution in [-0.2, 0) is 0 Å². The van der Waals surface area contributed by atoms with Gasteiger partial charge < -0.3 is 14.8 Å². The molecule has 2 N–H and O–H groups in total. The Hall–Kier alpha value is -6.19. The predicted octanol–water partition coefficient (Wildman–Crippen LogP) is 7.01. The monoisotopic (exact) mass is 687 g/mol. The summed E-state index contributed by atoms with van der Waals surface area (Å²) >= 11 is 7.36. The van der Waals surface area contributed by atoms with E-state index in [0.29, 0.717) is 21.3 Å². The third-order valence-electron chi connectivity index (χ3n) is 6.60. The fourth-order valence-corrected chi connectivity index (χ4v) is 5.69. The smallest absolute Gasteiger partial charge is 0.355 e. The van der Waals surface area contributed by atoms with Crippen molar-refractivity contribution < 1.29 is 33.7 Å². The number of nitrogens with zero attached hydrogens (tertiary/aromatic N) is 3. The highest BCUT2D eigenvalue weighted by Crippen LogP contribution is 2.38. The van der Waals surface area contributed by atoms with Gasteiger partial charge in [0.25, 0.3) is 23.2 Å². The third-order valence-corrected chi connectivity index (χ3v) is 8.24. The number of nitro benzene ring substituents is 2. The number of thiophene rings is 1. The molecule has 0 saturated heterocycles. The summed E-state index contributed by atoms with van der Waals surface area (Å²) in [5.41, 5.74) is 3.54. The molecule has 4 aromatic carbocycles. The number of amides is 2. The summed E-state index contributed by atoms with van der Waals surface area (Å²) in [5.74, 6) is -1.45. The first-order chi connectivity index (χ1) is 23.0. The summed E-state index contributed by atoms with van der Waals surface area (Å²) in [4.78, 5) is 58.9. The van der Waals surface area contributed by atoms with Crippen molar-refractivity contribution in [1.82, 2.24) is 5.43 Å². The molecule has 0 aliphatic carbocycles. The predicted molar refractivity (Wildman–Crippen MR) is 179 cm³/mol. The minimum Gasteiger partial charge on any atom is -0.490 e. The van der Waals surface area contributed by atoms with E-state index in [1.165, 1.54) is 79.0 Å². The van der Waals surface area contributed by atoms with E-state index in [1.54, 1.807) is 19.1 Å². The Balaban J connectivity index is 1.20. The van der Waals surface area contributed by atoms with Gasteiger partial charge in [-0.1, -0.05) is 11.6 Å². The molecule has 5 aromatic rings. The van der Waals surface area contributed by atoms with Gasteiger partial charge in [0.2, 0.25) is 0 Å². The maximum Gasteiger partial charge on any atom is 0.355 e. The minimum absolute atomic E-state index is 0.0721. The lowest BCUT2D eigenvalue weighted by Gasteiger charge is -2.11. The van der Waals surface area contributed by atoms with Crippen molar-refractivity contribution in [3.63, 3.8) is 0 Å². The van der Waals surface area contributed by atoms with Crippen LogP contribution >= 0.6 is 22.9 Å². The molecule has 1 heterocycles. The summed E-state index contributed by atoms with van der Waals surface area (Å²) in [6.45, 7) is 1.99. The van der Waals surface area contributed by atoms with E-state index in [2.05, 4.69) is 15.8 Å². The van der Waals surface area contributed by atoms with Gasteiger partial charge in [0.05, 0.1) is 27.7 Å². The quantitative estimate of drug-likeness (QED) is 0.0483. The Morgan fingerprint density at radius 1 is 0.854 bits per heavy atom. The second kappa shape index (κ2) is 14.5. The highest BCUT2D eigenvalue weighted by molar-refractivity contribution is 7.21. The van der Waals surface area contributed by atoms with Gasteiger partial charge in [-0.2, -0.15) is 5.10 Å². The summed E-state index contributed by atoms with van der Waals surface area (Å²) in [6.07, 6.45) is 1.36. The largest absolute Gasteiger partial charge is 0.490 e. The number of halogens is 1. The van der Waals surface area contributed by atoms with Crippen LogP contribution in [0.1, 0.15) is 42.9 Å². The molecule has 0 saturated carbocycles. The van der Waals surface area contributed by atoms with Crippen LogP contribution in [0.3, 0.4) is 0 Å². The first kappa shape index (κ1) is 33.2. The van der Waals surface area contributed by atoms with Gasteiger partial charge in [0, 0.05) is 51.2 Å². The number of carbonyl (C=O) groups is 3. The van der Waals surface area contributed by atoms with E-state index in [-0.39, 0.29) is 50.5 Å². The van der Waals surface area contributed by atoms with E-state index in [9.17, 15) is 34.6 Å².